The number of hydrogen-bond acceptors (Lipinski definition) is 5. The van der Waals surface area contributed by atoms with Crippen molar-refractivity contribution in [1.82, 2.24) is 15.4 Å². The molecule has 1 aromatic rings. The summed E-state index contributed by atoms with van der Waals surface area (Å²) in [7, 11) is 0. The van der Waals surface area contributed by atoms with Gasteiger partial charge in [0.2, 0.25) is 5.28 Å². The van der Waals surface area contributed by atoms with Crippen LogP contribution in [0.3, 0.4) is 0 Å². The Morgan fingerprint density at radius 3 is 3.13 bits per heavy atom. The number of anilines is 1. The predicted molar refractivity (Wildman–Crippen MR) is 59.9 cm³/mol. The highest BCUT2D eigenvalue weighted by molar-refractivity contribution is 6.28. The summed E-state index contributed by atoms with van der Waals surface area (Å²) in [5, 5.41) is 7.32. The average Bonchev–Trinajstić information content (AvgIpc) is 2.17. The van der Waals surface area contributed by atoms with Crippen molar-refractivity contribution in [2.45, 2.75) is 6.92 Å². The third-order valence-electron chi connectivity index (χ3n) is 1.82. The van der Waals surface area contributed by atoms with Crippen molar-refractivity contribution >= 4 is 23.3 Å². The van der Waals surface area contributed by atoms with Gasteiger partial charge in [-0.15, -0.1) is 0 Å². The molecule has 1 aromatic heterocycles. The van der Waals surface area contributed by atoms with Crippen LogP contribution >= 0.6 is 11.6 Å². The minimum atomic E-state index is 0.213. The molecule has 0 radical (unpaired) electrons. The topological polar surface area (TPSA) is 62.2 Å². The number of hydrogen-bond donors (Lipinski definition) is 2. The highest BCUT2D eigenvalue weighted by Crippen LogP contribution is 2.07. The summed E-state index contributed by atoms with van der Waals surface area (Å²) >= 11 is 5.66. The van der Waals surface area contributed by atoms with Crippen molar-refractivity contribution in [2.24, 2.45) is 5.10 Å². The van der Waals surface area contributed by atoms with Gasteiger partial charge in [-0.2, -0.15) is 5.10 Å². The highest BCUT2D eigenvalue weighted by Gasteiger charge is 2.04. The van der Waals surface area contributed by atoms with Crippen molar-refractivity contribution in [2.75, 3.05) is 11.9 Å². The number of halogens is 1. The maximum Gasteiger partial charge on any atom is 0.224 e. The molecule has 1 aliphatic rings. The van der Waals surface area contributed by atoms with Gasteiger partial charge in [-0.3, -0.25) is 0 Å². The number of nitrogens with zero attached hydrogens (tertiary/aromatic N) is 3. The molecule has 1 aliphatic heterocycles. The Morgan fingerprint density at radius 1 is 1.53 bits per heavy atom. The second-order valence-corrected chi connectivity index (χ2v) is 3.50. The lowest BCUT2D eigenvalue weighted by Gasteiger charge is -2.12. The molecule has 0 unspecified atom stereocenters. The van der Waals surface area contributed by atoms with Crippen LogP contribution in [0.1, 0.15) is 6.92 Å². The summed E-state index contributed by atoms with van der Waals surface area (Å²) in [6, 6.07) is 1.73. The molecule has 78 valence electrons. The molecule has 6 heteroatoms. The van der Waals surface area contributed by atoms with E-state index < -0.39 is 0 Å². The van der Waals surface area contributed by atoms with Crippen molar-refractivity contribution in [1.29, 1.82) is 0 Å². The molecule has 0 atom stereocenters. The van der Waals surface area contributed by atoms with Crippen LogP contribution in [0, 0.1) is 0 Å². The zero-order valence-corrected chi connectivity index (χ0v) is 8.91. The molecule has 15 heavy (non-hydrogen) atoms. The van der Waals surface area contributed by atoms with E-state index in [1.807, 2.05) is 13.0 Å². The van der Waals surface area contributed by atoms with E-state index in [0.29, 0.717) is 11.7 Å². The molecule has 0 aliphatic carbocycles. The first-order chi connectivity index (χ1) is 7.24. The van der Waals surface area contributed by atoms with Gasteiger partial charge in [0.05, 0.1) is 6.54 Å². The van der Waals surface area contributed by atoms with Gasteiger partial charge in [0, 0.05) is 6.20 Å². The Hall–Kier alpha value is -1.62. The van der Waals surface area contributed by atoms with Gasteiger partial charge in [-0.05, 0) is 36.2 Å². The monoisotopic (exact) mass is 223 g/mol. The Balaban J connectivity index is 2.12. The normalized spacial score (nSPS) is 15.1. The second kappa shape index (κ2) is 4.27. The first kappa shape index (κ1) is 9.92. The van der Waals surface area contributed by atoms with Crippen molar-refractivity contribution in [3.63, 3.8) is 0 Å². The number of nitrogens with one attached hydrogen (secondary N) is 2. The van der Waals surface area contributed by atoms with E-state index in [1.54, 1.807) is 12.3 Å². The standard InChI is InChI=1S/C9H10ClN5/c1-6-4-8(15-12-5-6)13-7-2-3-11-9(10)14-7/h2-4,12H,5H2,1H3,(H,11,13,14,15). The van der Waals surface area contributed by atoms with E-state index in [1.165, 1.54) is 5.57 Å². The lowest BCUT2D eigenvalue weighted by atomic mass is 10.2. The molecule has 0 amide bonds. The minimum Gasteiger partial charge on any atom is -0.323 e. The Kier molecular flexibility index (Phi) is 2.82. The first-order valence-corrected chi connectivity index (χ1v) is 4.85. The third kappa shape index (κ3) is 2.66. The van der Waals surface area contributed by atoms with E-state index in [-0.39, 0.29) is 5.28 Å². The fourth-order valence-electron chi connectivity index (χ4n) is 1.17. The zero-order chi connectivity index (χ0) is 10.7. The second-order valence-electron chi connectivity index (χ2n) is 3.16. The molecular formula is C9H10ClN5. The van der Waals surface area contributed by atoms with Crippen LogP contribution < -0.4 is 10.7 Å². The molecule has 0 fully saturated rings. The summed E-state index contributed by atoms with van der Waals surface area (Å²) in [5.41, 5.74) is 4.10. The molecule has 2 N–H and O–H groups in total. The molecule has 0 spiro atoms. The van der Waals surface area contributed by atoms with Gasteiger partial charge in [0.15, 0.2) is 5.84 Å². The smallest absolute Gasteiger partial charge is 0.224 e. The number of aromatic nitrogens is 2. The Morgan fingerprint density at radius 2 is 2.40 bits per heavy atom. The predicted octanol–water partition coefficient (Wildman–Crippen LogP) is 1.40. The van der Waals surface area contributed by atoms with Gasteiger partial charge >= 0.3 is 0 Å². The summed E-state index contributed by atoms with van der Waals surface area (Å²) in [5.74, 6) is 1.34. The van der Waals surface area contributed by atoms with Gasteiger partial charge in [0.25, 0.3) is 0 Å². The Bertz CT molecular complexity index is 426. The highest BCUT2D eigenvalue weighted by atomic mass is 35.5. The van der Waals surface area contributed by atoms with Crippen molar-refractivity contribution in [3.8, 4) is 0 Å². The summed E-state index contributed by atoms with van der Waals surface area (Å²) in [4.78, 5) is 7.79. The molecule has 0 saturated carbocycles. The SMILES string of the molecule is CC1=CC(Nc2ccnc(Cl)n2)=NNC1. The van der Waals surface area contributed by atoms with Gasteiger partial charge < -0.3 is 10.7 Å². The van der Waals surface area contributed by atoms with Gasteiger partial charge in [-0.1, -0.05) is 0 Å². The number of amidine groups is 1. The molecule has 2 heterocycles. The van der Waals surface area contributed by atoms with Crippen LogP contribution in [-0.2, 0) is 0 Å². The molecule has 0 saturated heterocycles. The van der Waals surface area contributed by atoms with E-state index >= 15 is 0 Å². The van der Waals surface area contributed by atoms with E-state index in [4.69, 9.17) is 11.6 Å². The summed E-state index contributed by atoms with van der Waals surface area (Å²) in [6.45, 7) is 2.80. The van der Waals surface area contributed by atoms with Crippen LogP contribution in [-0.4, -0.2) is 22.3 Å². The summed E-state index contributed by atoms with van der Waals surface area (Å²) in [6.07, 6.45) is 3.54. The molecule has 0 bridgehead atoms. The van der Waals surface area contributed by atoms with Crippen LogP contribution in [0.5, 0.6) is 0 Å². The van der Waals surface area contributed by atoms with Gasteiger partial charge in [0.1, 0.15) is 5.82 Å². The summed E-state index contributed by atoms with van der Waals surface area (Å²) < 4.78 is 0. The number of rotatable bonds is 1. The lowest BCUT2D eigenvalue weighted by Crippen LogP contribution is -2.23. The third-order valence-corrected chi connectivity index (χ3v) is 2.00. The molecular weight excluding hydrogens is 214 g/mol. The van der Waals surface area contributed by atoms with Crippen molar-refractivity contribution in [3.05, 3.63) is 29.2 Å². The van der Waals surface area contributed by atoms with E-state index in [0.717, 1.165) is 6.54 Å². The zero-order valence-electron chi connectivity index (χ0n) is 8.16. The first-order valence-electron chi connectivity index (χ1n) is 4.47. The van der Waals surface area contributed by atoms with E-state index in [2.05, 4.69) is 25.8 Å². The largest absolute Gasteiger partial charge is 0.323 e. The minimum absolute atomic E-state index is 0.213. The van der Waals surface area contributed by atoms with Crippen LogP contribution in [0.15, 0.2) is 29.0 Å². The molecule has 2 rings (SSSR count). The fraction of sp³-hybridized carbons (Fsp3) is 0.222. The van der Waals surface area contributed by atoms with Crippen LogP contribution in [0.2, 0.25) is 5.28 Å². The van der Waals surface area contributed by atoms with Crippen LogP contribution in [0.4, 0.5) is 5.82 Å². The quantitative estimate of drug-likeness (QED) is 0.707. The lowest BCUT2D eigenvalue weighted by molar-refractivity contribution is 0.787. The van der Waals surface area contributed by atoms with Crippen molar-refractivity contribution < 1.29 is 0 Å². The van der Waals surface area contributed by atoms with Crippen LogP contribution in [0.25, 0.3) is 0 Å². The maximum atomic E-state index is 5.66. The van der Waals surface area contributed by atoms with E-state index in [9.17, 15) is 0 Å². The maximum absolute atomic E-state index is 5.66. The Labute approximate surface area is 92.3 Å². The molecule has 0 aromatic carbocycles. The fourth-order valence-corrected chi connectivity index (χ4v) is 1.31. The van der Waals surface area contributed by atoms with Gasteiger partial charge in [-0.25, -0.2) is 9.97 Å². The number of hydrazone groups is 1. The average molecular weight is 224 g/mol. The molecule has 5 nitrogen and oxygen atoms in total.